The van der Waals surface area contributed by atoms with Crippen molar-refractivity contribution >= 4 is 16.5 Å². The molecule has 0 radical (unpaired) electrons. The minimum absolute atomic E-state index is 0.0947. The first-order valence-electron chi connectivity index (χ1n) is 13.5. The van der Waals surface area contributed by atoms with Crippen molar-refractivity contribution < 1.29 is 4.92 Å². The highest BCUT2D eigenvalue weighted by Crippen LogP contribution is 2.85. The number of nitrogens with zero attached hydrogens (tertiary/aromatic N) is 1. The van der Waals surface area contributed by atoms with E-state index in [-0.39, 0.29) is 16.0 Å². The van der Waals surface area contributed by atoms with Crippen LogP contribution in [0.1, 0.15) is 43.2 Å². The maximum atomic E-state index is 12.3. The average Bonchev–Trinajstić information content (AvgIpc) is 3.43. The summed E-state index contributed by atoms with van der Waals surface area (Å²) in [5.74, 6) is 3.24. The molecule has 36 heavy (non-hydrogen) atoms. The van der Waals surface area contributed by atoms with E-state index in [0.717, 1.165) is 45.6 Å². The van der Waals surface area contributed by atoms with Gasteiger partial charge in [-0.15, -0.1) is 0 Å². The van der Waals surface area contributed by atoms with Crippen LogP contribution in [0.2, 0.25) is 0 Å². The fourth-order valence-electron chi connectivity index (χ4n) is 10.5. The molecule has 3 heteroatoms. The van der Waals surface area contributed by atoms with Crippen LogP contribution in [0.4, 0.5) is 5.69 Å². The lowest BCUT2D eigenvalue weighted by Crippen LogP contribution is -2.62. The van der Waals surface area contributed by atoms with E-state index in [2.05, 4.69) is 48.5 Å². The fourth-order valence-corrected chi connectivity index (χ4v) is 10.5. The minimum Gasteiger partial charge on any atom is -0.258 e. The standard InChI is InChI=1S/C33H27NO2/c35-34(36)28-16-22-7-2-1-6-21(22)15-25(28)23-9-5-11-27-31(23)24-8-3-4-10-26(24)33(27)29-13-19-12-20-14-30(33)32(29,17-19)18-20/h1-11,15-16,19-20,29-30H,12-14,17-18H2. The zero-order valence-electron chi connectivity index (χ0n) is 20.1. The number of hydrogen-bond donors (Lipinski definition) is 0. The molecule has 4 aromatic rings. The van der Waals surface area contributed by atoms with Crippen LogP contribution in [0.3, 0.4) is 0 Å². The van der Waals surface area contributed by atoms with E-state index in [1.807, 2.05) is 24.3 Å². The van der Waals surface area contributed by atoms with Gasteiger partial charge in [-0.3, -0.25) is 10.1 Å². The van der Waals surface area contributed by atoms with Gasteiger partial charge in [0.1, 0.15) is 0 Å². The van der Waals surface area contributed by atoms with E-state index in [1.165, 1.54) is 54.4 Å². The second-order valence-electron chi connectivity index (χ2n) is 12.3. The molecule has 0 aliphatic heterocycles. The highest BCUT2D eigenvalue weighted by molar-refractivity contribution is 5.99. The lowest BCUT2D eigenvalue weighted by Gasteiger charge is -2.64. The molecule has 9 rings (SSSR count). The SMILES string of the molecule is O=[N+]([O-])c1cc2ccccc2cc1-c1cccc2c1-c1ccccc1C21C2CC3CC4CC1C2(C3)C4. The summed E-state index contributed by atoms with van der Waals surface area (Å²) in [6.07, 6.45) is 7.05. The molecule has 4 fully saturated rings. The summed E-state index contributed by atoms with van der Waals surface area (Å²) in [6.45, 7) is 0. The van der Waals surface area contributed by atoms with Gasteiger partial charge in [0.2, 0.25) is 0 Å². The Labute approximate surface area is 210 Å². The molecule has 4 unspecified atom stereocenters. The van der Waals surface area contributed by atoms with Crippen LogP contribution in [0, 0.1) is 39.2 Å². The smallest absolute Gasteiger partial charge is 0.258 e. The van der Waals surface area contributed by atoms with Crippen molar-refractivity contribution in [2.45, 2.75) is 37.5 Å². The summed E-state index contributed by atoms with van der Waals surface area (Å²) in [4.78, 5) is 12.1. The Morgan fingerprint density at radius 3 is 2.08 bits per heavy atom. The lowest BCUT2D eigenvalue weighted by atomic mass is 9.38. The predicted octanol–water partition coefficient (Wildman–Crippen LogP) is 8.14. The van der Waals surface area contributed by atoms with Gasteiger partial charge >= 0.3 is 0 Å². The van der Waals surface area contributed by atoms with Crippen LogP contribution in [0.25, 0.3) is 33.0 Å². The van der Waals surface area contributed by atoms with Crippen LogP contribution < -0.4 is 0 Å². The molecule has 2 spiro atoms. The number of nitro benzene ring substituents is 1. The van der Waals surface area contributed by atoms with Crippen LogP contribution in [-0.4, -0.2) is 4.92 Å². The topological polar surface area (TPSA) is 43.1 Å². The molecule has 0 saturated heterocycles. The molecule has 0 heterocycles. The van der Waals surface area contributed by atoms with Gasteiger partial charge in [0.15, 0.2) is 0 Å². The number of hydrogen-bond acceptors (Lipinski definition) is 2. The summed E-state index contributed by atoms with van der Waals surface area (Å²) < 4.78 is 0. The third-order valence-electron chi connectivity index (χ3n) is 11.1. The molecule has 4 atom stereocenters. The number of fused-ring (bicyclic) bond motifs is 10. The van der Waals surface area contributed by atoms with E-state index in [1.54, 1.807) is 6.07 Å². The Bertz CT molecular complexity index is 1630. The molecule has 3 bridgehead atoms. The predicted molar refractivity (Wildman–Crippen MR) is 142 cm³/mol. The van der Waals surface area contributed by atoms with Gasteiger partial charge in [0.05, 0.1) is 10.5 Å². The maximum absolute atomic E-state index is 12.3. The van der Waals surface area contributed by atoms with Crippen LogP contribution in [-0.2, 0) is 5.41 Å². The molecule has 0 amide bonds. The van der Waals surface area contributed by atoms with E-state index in [9.17, 15) is 10.1 Å². The second kappa shape index (κ2) is 6.26. The summed E-state index contributed by atoms with van der Waals surface area (Å²) >= 11 is 0. The van der Waals surface area contributed by atoms with Crippen molar-refractivity contribution in [3.63, 3.8) is 0 Å². The van der Waals surface area contributed by atoms with Crippen molar-refractivity contribution in [3.05, 3.63) is 100 Å². The van der Waals surface area contributed by atoms with Crippen molar-refractivity contribution in [1.29, 1.82) is 0 Å². The summed E-state index contributed by atoms with van der Waals surface area (Å²) in [7, 11) is 0. The summed E-state index contributed by atoms with van der Waals surface area (Å²) in [6, 6.07) is 27.5. The number of rotatable bonds is 2. The van der Waals surface area contributed by atoms with Crippen molar-refractivity contribution in [3.8, 4) is 22.3 Å². The van der Waals surface area contributed by atoms with E-state index in [0.29, 0.717) is 5.41 Å². The van der Waals surface area contributed by atoms with Crippen molar-refractivity contribution in [1.82, 2.24) is 0 Å². The van der Waals surface area contributed by atoms with Gasteiger partial charge in [0, 0.05) is 11.5 Å². The normalized spacial score (nSPS) is 34.0. The summed E-state index contributed by atoms with van der Waals surface area (Å²) in [5.41, 5.74) is 8.14. The zero-order valence-corrected chi connectivity index (χ0v) is 20.1. The molecule has 176 valence electrons. The Kier molecular flexibility index (Phi) is 3.43. The maximum Gasteiger partial charge on any atom is 0.277 e. The molecule has 3 nitrogen and oxygen atoms in total. The Morgan fingerprint density at radius 2 is 1.33 bits per heavy atom. The first kappa shape index (κ1) is 19.7. The van der Waals surface area contributed by atoms with Gasteiger partial charge in [-0.05, 0) is 106 Å². The van der Waals surface area contributed by atoms with E-state index in [4.69, 9.17) is 0 Å². The molecule has 0 aromatic heterocycles. The van der Waals surface area contributed by atoms with Gasteiger partial charge in [-0.25, -0.2) is 0 Å². The zero-order chi connectivity index (χ0) is 23.8. The van der Waals surface area contributed by atoms with Gasteiger partial charge < -0.3 is 0 Å². The molecule has 5 aliphatic rings. The molecule has 0 N–H and O–H groups in total. The molecular weight excluding hydrogens is 442 g/mol. The average molecular weight is 470 g/mol. The Hall–Kier alpha value is -3.46. The quantitative estimate of drug-likeness (QED) is 0.220. The van der Waals surface area contributed by atoms with Gasteiger partial charge in [-0.2, -0.15) is 0 Å². The first-order chi connectivity index (χ1) is 17.6. The molecule has 4 saturated carbocycles. The van der Waals surface area contributed by atoms with Crippen molar-refractivity contribution in [2.75, 3.05) is 0 Å². The van der Waals surface area contributed by atoms with Gasteiger partial charge in [-0.1, -0.05) is 66.7 Å². The molecular formula is C33H27NO2. The largest absolute Gasteiger partial charge is 0.277 e. The van der Waals surface area contributed by atoms with Crippen molar-refractivity contribution in [2.24, 2.45) is 29.1 Å². The van der Waals surface area contributed by atoms with Crippen LogP contribution in [0.5, 0.6) is 0 Å². The third-order valence-corrected chi connectivity index (χ3v) is 11.1. The molecule has 4 aromatic carbocycles. The summed E-state index contributed by atoms with van der Waals surface area (Å²) in [5, 5.41) is 14.3. The number of benzene rings is 4. The van der Waals surface area contributed by atoms with Crippen LogP contribution >= 0.6 is 0 Å². The number of nitro groups is 1. The minimum atomic E-state index is -0.201. The molecule has 5 aliphatic carbocycles. The monoisotopic (exact) mass is 469 g/mol. The Balaban J connectivity index is 1.35. The highest BCUT2D eigenvalue weighted by atomic mass is 16.6. The van der Waals surface area contributed by atoms with E-state index < -0.39 is 0 Å². The highest BCUT2D eigenvalue weighted by Gasteiger charge is 2.79. The second-order valence-corrected chi connectivity index (χ2v) is 12.3. The lowest BCUT2D eigenvalue weighted by molar-refractivity contribution is -0.384. The van der Waals surface area contributed by atoms with E-state index >= 15 is 0 Å². The third kappa shape index (κ3) is 2.03. The Morgan fingerprint density at radius 1 is 0.694 bits per heavy atom. The first-order valence-corrected chi connectivity index (χ1v) is 13.5. The van der Waals surface area contributed by atoms with Crippen LogP contribution in [0.15, 0.2) is 78.9 Å². The fraction of sp³-hybridized carbons (Fsp3) is 0.333. The van der Waals surface area contributed by atoms with Gasteiger partial charge in [0.25, 0.3) is 5.69 Å².